The number of aryl methyl sites for hydroxylation is 1. The molecule has 124 valence electrons. The van der Waals surface area contributed by atoms with Crippen LogP contribution in [0.4, 0.5) is 5.69 Å². The van der Waals surface area contributed by atoms with Gasteiger partial charge in [-0.1, -0.05) is 24.3 Å². The van der Waals surface area contributed by atoms with Crippen molar-refractivity contribution in [1.82, 2.24) is 0 Å². The Kier molecular flexibility index (Phi) is 3.06. The number of aromatic carboxylic acids is 1. The second-order valence-electron chi connectivity index (χ2n) is 6.59. The smallest absolute Gasteiger partial charge is 0.335 e. The van der Waals surface area contributed by atoms with Crippen LogP contribution in [0.5, 0.6) is 0 Å². The highest BCUT2D eigenvalue weighted by atomic mass is 32.2. The monoisotopic (exact) mass is 343 g/mol. The van der Waals surface area contributed by atoms with Crippen LogP contribution in [0.3, 0.4) is 0 Å². The summed E-state index contributed by atoms with van der Waals surface area (Å²) < 4.78 is 27.7. The van der Waals surface area contributed by atoms with Crippen LogP contribution in [0, 0.1) is 6.92 Å². The molecule has 6 heteroatoms. The first kappa shape index (κ1) is 15.2. The van der Waals surface area contributed by atoms with Gasteiger partial charge in [0.15, 0.2) is 0 Å². The summed E-state index contributed by atoms with van der Waals surface area (Å²) in [7, 11) is -3.79. The van der Waals surface area contributed by atoms with Crippen molar-refractivity contribution in [1.29, 1.82) is 0 Å². The van der Waals surface area contributed by atoms with Gasteiger partial charge in [-0.15, -0.1) is 0 Å². The second kappa shape index (κ2) is 4.83. The number of hydrogen-bond acceptors (Lipinski definition) is 3. The van der Waals surface area contributed by atoms with Crippen molar-refractivity contribution in [2.75, 3.05) is 10.8 Å². The fourth-order valence-corrected chi connectivity index (χ4v) is 5.09. The molecule has 2 aliphatic rings. The normalized spacial score (nSPS) is 17.8. The molecule has 0 bridgehead atoms. The van der Waals surface area contributed by atoms with Crippen LogP contribution in [-0.2, 0) is 15.4 Å². The number of carboxylic acid groups (broad SMARTS) is 1. The minimum Gasteiger partial charge on any atom is -0.478 e. The zero-order chi connectivity index (χ0) is 17.1. The number of fused-ring (bicyclic) bond motifs is 2. The number of para-hydroxylation sites is 1. The van der Waals surface area contributed by atoms with Gasteiger partial charge in [0.1, 0.15) is 0 Å². The van der Waals surface area contributed by atoms with Gasteiger partial charge in [-0.3, -0.25) is 4.31 Å². The van der Waals surface area contributed by atoms with E-state index < -0.39 is 16.0 Å². The quantitative estimate of drug-likeness (QED) is 0.930. The summed E-state index contributed by atoms with van der Waals surface area (Å²) in [5.74, 6) is -1.12. The maximum atomic E-state index is 13.1. The maximum absolute atomic E-state index is 13.1. The lowest BCUT2D eigenvalue weighted by atomic mass is 9.99. The predicted molar refractivity (Wildman–Crippen MR) is 90.0 cm³/mol. The molecule has 1 N–H and O–H groups in total. The molecule has 2 aromatic carbocycles. The number of hydrogen-bond donors (Lipinski definition) is 1. The zero-order valence-corrected chi connectivity index (χ0v) is 14.0. The van der Waals surface area contributed by atoms with E-state index in [4.69, 9.17) is 0 Å². The molecule has 1 saturated carbocycles. The van der Waals surface area contributed by atoms with E-state index in [1.165, 1.54) is 16.4 Å². The number of benzene rings is 2. The summed E-state index contributed by atoms with van der Waals surface area (Å²) in [5.41, 5.74) is 2.31. The number of carboxylic acids is 1. The van der Waals surface area contributed by atoms with Crippen molar-refractivity contribution < 1.29 is 18.3 Å². The predicted octanol–water partition coefficient (Wildman–Crippen LogP) is 2.93. The van der Waals surface area contributed by atoms with Gasteiger partial charge in [-0.05, 0) is 49.1 Å². The highest BCUT2D eigenvalue weighted by Gasteiger charge is 2.54. The van der Waals surface area contributed by atoms with Gasteiger partial charge >= 0.3 is 5.97 Å². The third-order valence-corrected chi connectivity index (χ3v) is 6.83. The van der Waals surface area contributed by atoms with E-state index in [1.54, 1.807) is 13.0 Å². The summed E-state index contributed by atoms with van der Waals surface area (Å²) in [6.45, 7) is 2.09. The van der Waals surface area contributed by atoms with Crippen LogP contribution in [0.25, 0.3) is 0 Å². The molecule has 2 aromatic rings. The first-order valence-corrected chi connectivity index (χ1v) is 9.25. The van der Waals surface area contributed by atoms with Crippen LogP contribution in [0.2, 0.25) is 0 Å². The number of anilines is 1. The van der Waals surface area contributed by atoms with Crippen molar-refractivity contribution in [3.05, 3.63) is 59.2 Å². The molecular formula is C18H17NO4S. The Morgan fingerprint density at radius 3 is 2.54 bits per heavy atom. The third kappa shape index (κ3) is 2.06. The molecule has 0 amide bonds. The molecule has 1 fully saturated rings. The van der Waals surface area contributed by atoms with E-state index >= 15 is 0 Å². The fourth-order valence-electron chi connectivity index (χ4n) is 3.50. The second-order valence-corrected chi connectivity index (χ2v) is 8.45. The summed E-state index contributed by atoms with van der Waals surface area (Å²) in [4.78, 5) is 11.4. The lowest BCUT2D eigenvalue weighted by Gasteiger charge is -2.20. The van der Waals surface area contributed by atoms with Gasteiger partial charge in [-0.2, -0.15) is 0 Å². The fraction of sp³-hybridized carbons (Fsp3) is 0.278. The highest BCUT2D eigenvalue weighted by Crippen LogP contribution is 2.57. The van der Waals surface area contributed by atoms with E-state index in [2.05, 4.69) is 0 Å². The Morgan fingerprint density at radius 1 is 1.17 bits per heavy atom. The molecule has 1 aliphatic carbocycles. The molecule has 1 spiro atoms. The van der Waals surface area contributed by atoms with E-state index in [0.29, 0.717) is 17.8 Å². The number of rotatable bonds is 3. The van der Waals surface area contributed by atoms with E-state index in [1.807, 2.05) is 24.3 Å². The van der Waals surface area contributed by atoms with Crippen LogP contribution in [0.1, 0.15) is 34.3 Å². The average Bonchev–Trinajstić information content (AvgIpc) is 3.25. The molecule has 0 aromatic heterocycles. The summed E-state index contributed by atoms with van der Waals surface area (Å²) in [5, 5.41) is 9.26. The van der Waals surface area contributed by atoms with Crippen molar-refractivity contribution >= 4 is 21.7 Å². The molecule has 1 heterocycles. The minimum atomic E-state index is -3.79. The van der Waals surface area contributed by atoms with Gasteiger partial charge in [0.25, 0.3) is 10.0 Å². The minimum absolute atomic E-state index is 0.0182. The van der Waals surface area contributed by atoms with Gasteiger partial charge in [0, 0.05) is 12.0 Å². The summed E-state index contributed by atoms with van der Waals surface area (Å²) >= 11 is 0. The average molecular weight is 343 g/mol. The first-order valence-electron chi connectivity index (χ1n) is 7.81. The van der Waals surface area contributed by atoms with Crippen molar-refractivity contribution in [2.45, 2.75) is 30.1 Å². The molecule has 24 heavy (non-hydrogen) atoms. The first-order chi connectivity index (χ1) is 11.3. The number of sulfonamides is 1. The van der Waals surface area contributed by atoms with E-state index in [-0.39, 0.29) is 15.9 Å². The molecule has 5 nitrogen and oxygen atoms in total. The van der Waals surface area contributed by atoms with Crippen molar-refractivity contribution in [2.24, 2.45) is 0 Å². The SMILES string of the molecule is Cc1ccc(S(=O)(=O)N2CC3(CC3)c3ccccc32)cc1C(=O)O. The molecule has 0 radical (unpaired) electrons. The molecule has 0 saturated heterocycles. The Bertz CT molecular complexity index is 961. The molecule has 0 unspecified atom stereocenters. The third-order valence-electron chi connectivity index (χ3n) is 5.07. The zero-order valence-electron chi connectivity index (χ0n) is 13.2. The van der Waals surface area contributed by atoms with Gasteiger partial charge in [0.2, 0.25) is 0 Å². The lowest BCUT2D eigenvalue weighted by Crippen LogP contribution is -2.31. The van der Waals surface area contributed by atoms with Gasteiger partial charge in [0.05, 0.1) is 16.1 Å². The van der Waals surface area contributed by atoms with E-state index in [0.717, 1.165) is 18.4 Å². The number of carbonyl (C=O) groups is 1. The number of nitrogens with zero attached hydrogens (tertiary/aromatic N) is 1. The standard InChI is InChI=1S/C18H17NO4S/c1-12-6-7-13(10-14(12)17(20)21)24(22,23)19-11-18(8-9-18)15-4-2-3-5-16(15)19/h2-7,10H,8-9,11H2,1H3,(H,20,21). The Balaban J connectivity index is 1.83. The van der Waals surface area contributed by atoms with E-state index in [9.17, 15) is 18.3 Å². The Labute approximate surface area is 140 Å². The topological polar surface area (TPSA) is 74.7 Å². The van der Waals surface area contributed by atoms with Gasteiger partial charge in [-0.25, -0.2) is 13.2 Å². The maximum Gasteiger partial charge on any atom is 0.335 e. The van der Waals surface area contributed by atoms with Crippen LogP contribution in [-0.4, -0.2) is 26.0 Å². The molecular weight excluding hydrogens is 326 g/mol. The van der Waals surface area contributed by atoms with Crippen LogP contribution >= 0.6 is 0 Å². The lowest BCUT2D eigenvalue weighted by molar-refractivity contribution is 0.0696. The van der Waals surface area contributed by atoms with Crippen molar-refractivity contribution in [3.8, 4) is 0 Å². The Hall–Kier alpha value is -2.34. The molecule has 0 atom stereocenters. The van der Waals surface area contributed by atoms with Crippen LogP contribution < -0.4 is 4.31 Å². The van der Waals surface area contributed by atoms with Crippen LogP contribution in [0.15, 0.2) is 47.4 Å². The highest BCUT2D eigenvalue weighted by molar-refractivity contribution is 7.92. The summed E-state index contributed by atoms with van der Waals surface area (Å²) in [6.07, 6.45) is 1.98. The molecule has 1 aliphatic heterocycles. The Morgan fingerprint density at radius 2 is 1.88 bits per heavy atom. The summed E-state index contributed by atoms with van der Waals surface area (Å²) in [6, 6.07) is 11.9. The van der Waals surface area contributed by atoms with Crippen molar-refractivity contribution in [3.63, 3.8) is 0 Å². The largest absolute Gasteiger partial charge is 0.478 e. The van der Waals surface area contributed by atoms with Gasteiger partial charge < -0.3 is 5.11 Å². The molecule has 4 rings (SSSR count).